The van der Waals surface area contributed by atoms with Crippen molar-refractivity contribution < 1.29 is 24.9 Å². The quantitative estimate of drug-likeness (QED) is 0.252. The Bertz CT molecular complexity index is 278. The molecular weight excluding hydrogens is 247 g/mol. The SMILES string of the molecule is O=[N+](O)CC([N+](=O)[O-])([N+](=O)[O-])[N+](=O)[O-].[KH]. The van der Waals surface area contributed by atoms with Crippen LogP contribution < -0.4 is 0 Å². The fraction of sp³-hybridized carbons (Fsp3) is 1.00. The summed E-state index contributed by atoms with van der Waals surface area (Å²) in [6, 6.07) is 0. The van der Waals surface area contributed by atoms with E-state index in [1.807, 2.05) is 0 Å². The van der Waals surface area contributed by atoms with Gasteiger partial charge in [-0.15, -0.1) is 0 Å². The molecule has 1 N–H and O–H groups in total. The third kappa shape index (κ3) is 3.38. The summed E-state index contributed by atoms with van der Waals surface area (Å²) in [6.07, 6.45) is 0. The third-order valence-corrected chi connectivity index (χ3v) is 1.22. The van der Waals surface area contributed by atoms with Crippen molar-refractivity contribution in [3.05, 3.63) is 35.3 Å². The third-order valence-electron chi connectivity index (χ3n) is 1.22. The molecular formula is C2H4KN4O8+. The van der Waals surface area contributed by atoms with Gasteiger partial charge in [-0.2, -0.15) is 0 Å². The average molecular weight is 251 g/mol. The van der Waals surface area contributed by atoms with Crippen molar-refractivity contribution in [2.75, 3.05) is 6.54 Å². The summed E-state index contributed by atoms with van der Waals surface area (Å²) in [5.74, 6) is -3.95. The summed E-state index contributed by atoms with van der Waals surface area (Å²) in [4.78, 5) is 33.3. The van der Waals surface area contributed by atoms with Crippen LogP contribution >= 0.6 is 0 Å². The molecule has 0 fully saturated rings. The van der Waals surface area contributed by atoms with E-state index in [9.17, 15) is 35.3 Å². The number of nitro groups is 3. The summed E-state index contributed by atoms with van der Waals surface area (Å²) >= 11 is 0. The summed E-state index contributed by atoms with van der Waals surface area (Å²) in [7, 11) is 0. The fourth-order valence-electron chi connectivity index (χ4n) is 0.555. The summed E-state index contributed by atoms with van der Waals surface area (Å²) in [6.45, 7) is -1.90. The van der Waals surface area contributed by atoms with E-state index in [0.29, 0.717) is 0 Å². The van der Waals surface area contributed by atoms with Crippen LogP contribution in [0.2, 0.25) is 0 Å². The van der Waals surface area contributed by atoms with Crippen LogP contribution in [0.15, 0.2) is 0 Å². The second-order valence-corrected chi connectivity index (χ2v) is 2.06. The molecule has 0 heterocycles. The van der Waals surface area contributed by atoms with Gasteiger partial charge in [0, 0.05) is 0 Å². The van der Waals surface area contributed by atoms with Crippen LogP contribution in [0.4, 0.5) is 0 Å². The number of hydrogen-bond acceptors (Lipinski definition) is 7. The van der Waals surface area contributed by atoms with Crippen molar-refractivity contribution in [2.24, 2.45) is 0 Å². The molecule has 0 saturated heterocycles. The maximum absolute atomic E-state index is 10.1. The second kappa shape index (κ2) is 5.96. The predicted molar refractivity (Wildman–Crippen MR) is 41.1 cm³/mol. The van der Waals surface area contributed by atoms with Crippen molar-refractivity contribution in [1.29, 1.82) is 0 Å². The van der Waals surface area contributed by atoms with E-state index in [1.165, 1.54) is 0 Å². The molecule has 0 rings (SSSR count). The van der Waals surface area contributed by atoms with Crippen LogP contribution in [0.1, 0.15) is 0 Å². The normalized spacial score (nSPS) is 9.87. The van der Waals surface area contributed by atoms with Gasteiger partial charge in [-0.25, -0.2) is 5.21 Å². The van der Waals surface area contributed by atoms with Crippen molar-refractivity contribution in [1.82, 2.24) is 0 Å². The molecule has 0 aliphatic rings. The molecule has 0 amide bonds. The van der Waals surface area contributed by atoms with Crippen molar-refractivity contribution >= 4 is 51.4 Å². The first-order valence-electron chi connectivity index (χ1n) is 2.82. The Morgan fingerprint density at radius 3 is 1.27 bits per heavy atom. The Labute approximate surface area is 123 Å². The standard InChI is InChI=1S/C2H3N4O8.K.H/c7-3(8)1-2(4(9)10,5(11)12)6(13)14;;/h1H2,(H,7,8);;/q+1;;. The molecule has 0 aliphatic carbocycles. The van der Waals surface area contributed by atoms with Crippen LogP contribution in [0.5, 0.6) is 0 Å². The predicted octanol–water partition coefficient (Wildman–Crippen LogP) is -2.01. The van der Waals surface area contributed by atoms with E-state index in [0.717, 1.165) is 0 Å². The van der Waals surface area contributed by atoms with E-state index in [-0.39, 0.29) is 51.4 Å². The molecule has 0 saturated carbocycles. The molecule has 0 radical (unpaired) electrons. The molecule has 0 bridgehead atoms. The van der Waals surface area contributed by atoms with Crippen LogP contribution in [-0.4, -0.2) is 88.6 Å². The number of rotatable bonds is 5. The zero-order chi connectivity index (χ0) is 11.5. The molecule has 0 aromatic carbocycles. The van der Waals surface area contributed by atoms with Gasteiger partial charge in [0.2, 0.25) is 4.92 Å². The minimum atomic E-state index is -3.95. The average Bonchev–Trinajstić information content (AvgIpc) is 1.97. The first-order valence-corrected chi connectivity index (χ1v) is 2.82. The first kappa shape index (κ1) is 16.7. The Morgan fingerprint density at radius 1 is 0.933 bits per heavy atom. The molecule has 0 atom stereocenters. The zero-order valence-corrected chi connectivity index (χ0v) is 6.30. The van der Waals surface area contributed by atoms with Crippen LogP contribution in [0.25, 0.3) is 0 Å². The molecule has 12 nitrogen and oxygen atoms in total. The van der Waals surface area contributed by atoms with Gasteiger partial charge in [0.15, 0.2) is 14.8 Å². The van der Waals surface area contributed by atoms with E-state index in [2.05, 4.69) is 0 Å². The number of nitrogens with zero attached hydrogens (tertiary/aromatic N) is 4. The van der Waals surface area contributed by atoms with Gasteiger partial charge in [0.25, 0.3) is 0 Å². The summed E-state index contributed by atoms with van der Waals surface area (Å²) < 4.78 is 0. The Morgan fingerprint density at radius 2 is 1.20 bits per heavy atom. The fourth-order valence-corrected chi connectivity index (χ4v) is 0.555. The van der Waals surface area contributed by atoms with Gasteiger partial charge < -0.3 is 0 Å². The van der Waals surface area contributed by atoms with Crippen molar-refractivity contribution in [2.45, 2.75) is 5.79 Å². The molecule has 0 unspecified atom stereocenters. The van der Waals surface area contributed by atoms with Crippen LogP contribution in [-0.2, 0) is 0 Å². The Balaban J connectivity index is 0. The Hall–Kier alpha value is -0.764. The van der Waals surface area contributed by atoms with Crippen molar-refractivity contribution in [3.63, 3.8) is 0 Å². The molecule has 0 spiro atoms. The van der Waals surface area contributed by atoms with Gasteiger partial charge in [0.1, 0.15) is 0 Å². The first-order chi connectivity index (χ1) is 6.25. The zero-order valence-electron chi connectivity index (χ0n) is 6.30. The van der Waals surface area contributed by atoms with E-state index >= 15 is 0 Å². The van der Waals surface area contributed by atoms with Gasteiger partial charge in [-0.05, 0) is 0 Å². The van der Waals surface area contributed by atoms with Gasteiger partial charge >= 0.3 is 63.7 Å². The summed E-state index contributed by atoms with van der Waals surface area (Å²) in [5.41, 5.74) is 0. The monoisotopic (exact) mass is 251 g/mol. The van der Waals surface area contributed by atoms with Crippen molar-refractivity contribution in [3.8, 4) is 0 Å². The maximum atomic E-state index is 10.1. The molecule has 13 heteroatoms. The number of hydrogen-bond donors (Lipinski definition) is 1. The Kier molecular flexibility index (Phi) is 6.62. The van der Waals surface area contributed by atoms with Crippen LogP contribution in [0.3, 0.4) is 0 Å². The van der Waals surface area contributed by atoms with Gasteiger partial charge in [-0.3, -0.25) is 30.3 Å². The topological polar surface area (TPSA) is 170 Å². The summed E-state index contributed by atoms with van der Waals surface area (Å²) in [5, 5.41) is 38.3. The molecule has 0 aliphatic heterocycles. The molecule has 0 aromatic heterocycles. The van der Waals surface area contributed by atoms with Gasteiger partial charge in [0.05, 0.1) is 4.91 Å². The van der Waals surface area contributed by atoms with E-state index in [4.69, 9.17) is 5.21 Å². The van der Waals surface area contributed by atoms with E-state index in [1.54, 1.807) is 0 Å². The molecule has 80 valence electrons. The second-order valence-electron chi connectivity index (χ2n) is 2.06. The van der Waals surface area contributed by atoms with E-state index < -0.39 is 32.0 Å². The van der Waals surface area contributed by atoms with Crippen LogP contribution in [0, 0.1) is 35.3 Å². The minimum absolute atomic E-state index is 0. The molecule has 15 heavy (non-hydrogen) atoms. The van der Waals surface area contributed by atoms with Gasteiger partial charge in [-0.1, -0.05) is 0 Å². The molecule has 0 aromatic rings.